The Morgan fingerprint density at radius 1 is 1.23 bits per heavy atom. The second-order valence-electron chi connectivity index (χ2n) is 5.80. The molecule has 0 heterocycles. The molecule has 0 saturated heterocycles. The van der Waals surface area contributed by atoms with Gasteiger partial charge in [-0.3, -0.25) is 9.59 Å². The molecule has 0 aliphatic rings. The van der Waals surface area contributed by atoms with Gasteiger partial charge in [0.2, 0.25) is 11.8 Å². The fraction of sp³-hybridized carbons (Fsp3) is 0.250. The van der Waals surface area contributed by atoms with Crippen LogP contribution in [0.2, 0.25) is 0 Å². The van der Waals surface area contributed by atoms with Crippen LogP contribution in [-0.2, 0) is 9.59 Å². The highest BCUT2D eigenvalue weighted by atomic mass is 16.5. The number of hydrogen-bond donors (Lipinski definition) is 1. The van der Waals surface area contributed by atoms with Crippen molar-refractivity contribution in [1.82, 2.24) is 0 Å². The second kappa shape index (κ2) is 8.67. The van der Waals surface area contributed by atoms with E-state index in [1.807, 2.05) is 19.1 Å². The molecule has 6 heteroatoms. The van der Waals surface area contributed by atoms with Gasteiger partial charge in [-0.1, -0.05) is 18.2 Å². The lowest BCUT2D eigenvalue weighted by Crippen LogP contribution is -2.32. The van der Waals surface area contributed by atoms with Crippen molar-refractivity contribution in [1.29, 1.82) is 5.26 Å². The summed E-state index contributed by atoms with van der Waals surface area (Å²) in [6.07, 6.45) is 0.0937. The van der Waals surface area contributed by atoms with Gasteiger partial charge in [-0.25, -0.2) is 0 Å². The minimum Gasteiger partial charge on any atom is -0.495 e. The van der Waals surface area contributed by atoms with Gasteiger partial charge in [0.15, 0.2) is 0 Å². The Bertz CT molecular complexity index is 856. The molecule has 0 aliphatic carbocycles. The molecule has 0 bridgehead atoms. The molecule has 2 amide bonds. The maximum Gasteiger partial charge on any atom is 0.226 e. The normalized spacial score (nSPS) is 9.92. The van der Waals surface area contributed by atoms with Crippen molar-refractivity contribution in [3.63, 3.8) is 0 Å². The van der Waals surface area contributed by atoms with Crippen LogP contribution in [-0.4, -0.2) is 25.5 Å². The number of nitrogens with zero attached hydrogens (tertiary/aromatic N) is 2. The summed E-state index contributed by atoms with van der Waals surface area (Å²) in [4.78, 5) is 25.8. The quantitative estimate of drug-likeness (QED) is 0.866. The Morgan fingerprint density at radius 2 is 1.96 bits per heavy atom. The summed E-state index contributed by atoms with van der Waals surface area (Å²) < 4.78 is 5.25. The van der Waals surface area contributed by atoms with E-state index in [1.165, 1.54) is 18.9 Å². The van der Waals surface area contributed by atoms with Gasteiger partial charge in [0.05, 0.1) is 24.0 Å². The van der Waals surface area contributed by atoms with Crippen molar-refractivity contribution in [3.8, 4) is 11.8 Å². The number of para-hydroxylation sites is 1. The summed E-state index contributed by atoms with van der Waals surface area (Å²) in [6.45, 7) is 3.51. The highest BCUT2D eigenvalue weighted by Crippen LogP contribution is 2.25. The minimum atomic E-state index is -0.241. The Balaban J connectivity index is 2.10. The smallest absolute Gasteiger partial charge is 0.226 e. The average molecular weight is 351 g/mol. The lowest BCUT2D eigenvalue weighted by molar-refractivity contribution is -0.117. The molecule has 1 N–H and O–H groups in total. The molecular weight excluding hydrogens is 330 g/mol. The highest BCUT2D eigenvalue weighted by molar-refractivity contribution is 5.96. The molecule has 2 aromatic carbocycles. The van der Waals surface area contributed by atoms with Crippen LogP contribution < -0.4 is 15.0 Å². The molecule has 0 fully saturated rings. The van der Waals surface area contributed by atoms with Crippen LogP contribution in [0.4, 0.5) is 11.4 Å². The number of ether oxygens (including phenoxy) is 1. The zero-order chi connectivity index (χ0) is 19.1. The predicted octanol–water partition coefficient (Wildman–Crippen LogP) is 3.26. The van der Waals surface area contributed by atoms with Gasteiger partial charge in [-0.2, -0.15) is 5.26 Å². The number of methoxy groups -OCH3 is 1. The van der Waals surface area contributed by atoms with E-state index in [2.05, 4.69) is 11.4 Å². The summed E-state index contributed by atoms with van der Waals surface area (Å²) in [7, 11) is 1.54. The molecular formula is C20H21N3O3. The van der Waals surface area contributed by atoms with Gasteiger partial charge in [0.1, 0.15) is 11.8 Å². The van der Waals surface area contributed by atoms with Crippen molar-refractivity contribution in [3.05, 3.63) is 53.6 Å². The third-order valence-corrected chi connectivity index (χ3v) is 3.89. The number of carbonyl (C=O) groups excluding carboxylic acids is 2. The van der Waals surface area contributed by atoms with Crippen LogP contribution in [0.3, 0.4) is 0 Å². The standard InChI is InChI=1S/C20H21N3O3/c1-14-8-9-19(26-3)17(12-14)22-20(25)10-11-23(15(2)24)18-7-5-4-6-16(18)13-21/h4-9,12H,10-11H2,1-3H3,(H,22,25). The van der Waals surface area contributed by atoms with E-state index in [0.717, 1.165) is 5.56 Å². The molecule has 0 spiro atoms. The lowest BCUT2D eigenvalue weighted by atomic mass is 10.1. The molecule has 0 atom stereocenters. The number of nitrogens with one attached hydrogen (secondary N) is 1. The lowest BCUT2D eigenvalue weighted by Gasteiger charge is -2.22. The van der Waals surface area contributed by atoms with Crippen LogP contribution in [0.15, 0.2) is 42.5 Å². The van der Waals surface area contributed by atoms with Crippen LogP contribution in [0.1, 0.15) is 24.5 Å². The molecule has 6 nitrogen and oxygen atoms in total. The number of benzene rings is 2. The van der Waals surface area contributed by atoms with Gasteiger partial charge in [-0.05, 0) is 36.8 Å². The molecule has 0 radical (unpaired) electrons. The van der Waals surface area contributed by atoms with Crippen molar-refractivity contribution in [2.45, 2.75) is 20.3 Å². The van der Waals surface area contributed by atoms with Crippen LogP contribution in [0.25, 0.3) is 0 Å². The van der Waals surface area contributed by atoms with E-state index in [1.54, 1.807) is 30.3 Å². The Hall–Kier alpha value is -3.33. The summed E-state index contributed by atoms with van der Waals surface area (Å²) in [5.41, 5.74) is 2.48. The summed E-state index contributed by atoms with van der Waals surface area (Å²) in [5.74, 6) is 0.102. The Kier molecular flexibility index (Phi) is 6.34. The fourth-order valence-electron chi connectivity index (χ4n) is 2.60. The minimum absolute atomic E-state index is 0.0937. The molecule has 0 aromatic heterocycles. The molecule has 26 heavy (non-hydrogen) atoms. The van der Waals surface area contributed by atoms with E-state index in [0.29, 0.717) is 22.7 Å². The maximum absolute atomic E-state index is 12.3. The second-order valence-corrected chi connectivity index (χ2v) is 5.80. The van der Waals surface area contributed by atoms with Crippen molar-refractivity contribution < 1.29 is 14.3 Å². The van der Waals surface area contributed by atoms with E-state index < -0.39 is 0 Å². The summed E-state index contributed by atoms with van der Waals surface area (Å²) in [5, 5.41) is 12.0. The van der Waals surface area contributed by atoms with Crippen molar-refractivity contribution in [2.75, 3.05) is 23.9 Å². The number of anilines is 2. The van der Waals surface area contributed by atoms with Gasteiger partial charge < -0.3 is 15.0 Å². The number of amides is 2. The van der Waals surface area contributed by atoms with Crippen LogP contribution in [0.5, 0.6) is 5.75 Å². The molecule has 0 saturated carbocycles. The topological polar surface area (TPSA) is 82.4 Å². The van der Waals surface area contributed by atoms with E-state index in [9.17, 15) is 14.9 Å². The fourth-order valence-corrected chi connectivity index (χ4v) is 2.60. The first-order valence-electron chi connectivity index (χ1n) is 8.18. The molecule has 2 rings (SSSR count). The van der Waals surface area contributed by atoms with E-state index in [-0.39, 0.29) is 24.8 Å². The zero-order valence-corrected chi connectivity index (χ0v) is 15.1. The van der Waals surface area contributed by atoms with Gasteiger partial charge >= 0.3 is 0 Å². The predicted molar refractivity (Wildman–Crippen MR) is 100 cm³/mol. The van der Waals surface area contributed by atoms with Crippen molar-refractivity contribution in [2.24, 2.45) is 0 Å². The molecule has 0 unspecified atom stereocenters. The van der Waals surface area contributed by atoms with Crippen LogP contribution >= 0.6 is 0 Å². The largest absolute Gasteiger partial charge is 0.495 e. The Labute approximate surface area is 153 Å². The van der Waals surface area contributed by atoms with Gasteiger partial charge in [0.25, 0.3) is 0 Å². The number of hydrogen-bond acceptors (Lipinski definition) is 4. The third kappa shape index (κ3) is 4.61. The SMILES string of the molecule is COc1ccc(C)cc1NC(=O)CCN(C(C)=O)c1ccccc1C#N. The van der Waals surface area contributed by atoms with Crippen LogP contribution in [0, 0.1) is 18.3 Å². The zero-order valence-electron chi connectivity index (χ0n) is 15.1. The first-order chi connectivity index (χ1) is 12.5. The molecule has 0 aliphatic heterocycles. The third-order valence-electron chi connectivity index (χ3n) is 3.89. The monoisotopic (exact) mass is 351 g/mol. The summed E-state index contributed by atoms with van der Waals surface area (Å²) in [6, 6.07) is 14.4. The van der Waals surface area contributed by atoms with Gasteiger partial charge in [0, 0.05) is 19.9 Å². The first kappa shape index (κ1) is 19.0. The number of nitriles is 1. The summed E-state index contributed by atoms with van der Waals surface area (Å²) >= 11 is 0. The van der Waals surface area contributed by atoms with Crippen molar-refractivity contribution >= 4 is 23.2 Å². The number of carbonyl (C=O) groups is 2. The number of aryl methyl sites for hydroxylation is 1. The first-order valence-corrected chi connectivity index (χ1v) is 8.18. The number of rotatable bonds is 6. The van der Waals surface area contributed by atoms with Gasteiger partial charge in [-0.15, -0.1) is 0 Å². The van der Waals surface area contributed by atoms with E-state index >= 15 is 0 Å². The Morgan fingerprint density at radius 3 is 2.62 bits per heavy atom. The van der Waals surface area contributed by atoms with E-state index in [4.69, 9.17) is 4.74 Å². The maximum atomic E-state index is 12.3. The molecule has 2 aromatic rings. The highest BCUT2D eigenvalue weighted by Gasteiger charge is 2.17. The average Bonchev–Trinajstić information content (AvgIpc) is 2.62. The molecule has 134 valence electrons.